The fourth-order valence-corrected chi connectivity index (χ4v) is 2.21. The molecule has 2 aromatic rings. The maximum Gasteiger partial charge on any atom is 0.282 e. The highest BCUT2D eigenvalue weighted by atomic mass is 32.1. The summed E-state index contributed by atoms with van der Waals surface area (Å²) >= 11 is 1.24. The van der Waals surface area contributed by atoms with E-state index >= 15 is 0 Å². The lowest BCUT2D eigenvalue weighted by atomic mass is 10.3. The van der Waals surface area contributed by atoms with Gasteiger partial charge in [-0.2, -0.15) is 0 Å². The smallest absolute Gasteiger partial charge is 0.282 e. The molecule has 2 rings (SSSR count). The number of carbonyl (C=O) groups is 1. The Morgan fingerprint density at radius 1 is 1.37 bits per heavy atom. The summed E-state index contributed by atoms with van der Waals surface area (Å²) < 4.78 is 0. The molecule has 0 atom stereocenters. The van der Waals surface area contributed by atoms with E-state index in [0.29, 0.717) is 16.7 Å². The van der Waals surface area contributed by atoms with Crippen LogP contribution in [0.15, 0.2) is 18.2 Å². The summed E-state index contributed by atoms with van der Waals surface area (Å²) in [5.74, 6) is -0.232. The molecule has 1 amide bonds. The zero-order chi connectivity index (χ0) is 13.7. The van der Waals surface area contributed by atoms with Gasteiger partial charge in [-0.1, -0.05) is 17.4 Å². The first-order chi connectivity index (χ1) is 9.19. The Balaban J connectivity index is 1.93. The highest BCUT2D eigenvalue weighted by molar-refractivity contribution is 7.17. The number of nitrogens with zero attached hydrogens (tertiary/aromatic N) is 3. The van der Waals surface area contributed by atoms with E-state index in [0.717, 1.165) is 17.9 Å². The molecule has 0 unspecified atom stereocenters. The number of hydrogen-bond acceptors (Lipinski definition) is 6. The fourth-order valence-electron chi connectivity index (χ4n) is 1.48. The van der Waals surface area contributed by atoms with Crippen LogP contribution in [0.5, 0.6) is 0 Å². The van der Waals surface area contributed by atoms with Gasteiger partial charge in [0.15, 0.2) is 0 Å². The first-order valence-corrected chi connectivity index (χ1v) is 6.79. The Bertz CT molecular complexity index is 569. The second-order valence-electron chi connectivity index (χ2n) is 3.90. The minimum atomic E-state index is -0.232. The third-order valence-electron chi connectivity index (χ3n) is 2.32. The topological polar surface area (TPSA) is 79.8 Å². The molecular weight excluding hydrogens is 262 g/mol. The Morgan fingerprint density at radius 2 is 2.21 bits per heavy atom. The lowest BCUT2D eigenvalue weighted by molar-refractivity contribution is 0.0949. The van der Waals surface area contributed by atoms with E-state index in [4.69, 9.17) is 0 Å². The molecule has 7 heteroatoms. The summed E-state index contributed by atoms with van der Waals surface area (Å²) in [6.45, 7) is 5.02. The molecule has 0 aromatic carbocycles. The van der Waals surface area contributed by atoms with E-state index in [1.165, 1.54) is 11.3 Å². The van der Waals surface area contributed by atoms with Crippen LogP contribution < -0.4 is 10.6 Å². The third-order valence-corrected chi connectivity index (χ3v) is 3.20. The van der Waals surface area contributed by atoms with Gasteiger partial charge in [0.25, 0.3) is 5.91 Å². The van der Waals surface area contributed by atoms with Crippen LogP contribution in [0.3, 0.4) is 0 Å². The fraction of sp³-hybridized carbons (Fsp3) is 0.333. The van der Waals surface area contributed by atoms with Gasteiger partial charge in [-0.25, -0.2) is 0 Å². The molecule has 0 aliphatic heterocycles. The van der Waals surface area contributed by atoms with Crippen LogP contribution in [0.25, 0.3) is 0 Å². The van der Waals surface area contributed by atoms with Crippen molar-refractivity contribution in [2.45, 2.75) is 20.4 Å². The zero-order valence-electron chi connectivity index (χ0n) is 10.8. The van der Waals surface area contributed by atoms with E-state index in [9.17, 15) is 4.79 Å². The summed E-state index contributed by atoms with van der Waals surface area (Å²) in [7, 11) is 0. The number of aromatic nitrogens is 3. The molecule has 6 nitrogen and oxygen atoms in total. The summed E-state index contributed by atoms with van der Waals surface area (Å²) in [5.41, 5.74) is 1.75. The van der Waals surface area contributed by atoms with E-state index in [1.807, 2.05) is 32.0 Å². The van der Waals surface area contributed by atoms with Crippen molar-refractivity contribution < 1.29 is 4.79 Å². The van der Waals surface area contributed by atoms with Gasteiger partial charge >= 0.3 is 0 Å². The first kappa shape index (κ1) is 13.4. The van der Waals surface area contributed by atoms with Gasteiger partial charge in [0.1, 0.15) is 0 Å². The van der Waals surface area contributed by atoms with Gasteiger partial charge < -0.3 is 10.6 Å². The molecule has 0 bridgehead atoms. The van der Waals surface area contributed by atoms with Crippen LogP contribution in [-0.2, 0) is 6.54 Å². The SMILES string of the molecule is CCNc1nnc(C(=O)NCc2cccc(C)n2)s1. The average molecular weight is 277 g/mol. The van der Waals surface area contributed by atoms with Gasteiger partial charge in [-0.05, 0) is 26.0 Å². The molecule has 19 heavy (non-hydrogen) atoms. The lowest BCUT2D eigenvalue weighted by Gasteiger charge is -2.02. The molecule has 0 aliphatic rings. The van der Waals surface area contributed by atoms with Crippen LogP contribution in [0.1, 0.15) is 28.1 Å². The lowest BCUT2D eigenvalue weighted by Crippen LogP contribution is -2.23. The maximum absolute atomic E-state index is 11.9. The summed E-state index contributed by atoms with van der Waals surface area (Å²) in [5, 5.41) is 14.5. The average Bonchev–Trinajstić information content (AvgIpc) is 2.85. The van der Waals surface area contributed by atoms with Gasteiger partial charge in [-0.15, -0.1) is 10.2 Å². The Hall–Kier alpha value is -2.02. The number of aryl methyl sites for hydroxylation is 1. The summed E-state index contributed by atoms with van der Waals surface area (Å²) in [4.78, 5) is 16.2. The first-order valence-electron chi connectivity index (χ1n) is 5.97. The maximum atomic E-state index is 11.9. The van der Waals surface area contributed by atoms with Crippen LogP contribution in [0, 0.1) is 6.92 Å². The predicted octanol–water partition coefficient (Wildman–Crippen LogP) is 1.60. The van der Waals surface area contributed by atoms with Crippen molar-refractivity contribution in [1.29, 1.82) is 0 Å². The van der Waals surface area contributed by atoms with Gasteiger partial charge in [0, 0.05) is 12.2 Å². The predicted molar refractivity (Wildman–Crippen MR) is 74.2 cm³/mol. The molecule has 0 spiro atoms. The molecule has 0 fully saturated rings. The number of carbonyl (C=O) groups excluding carboxylic acids is 1. The molecule has 2 N–H and O–H groups in total. The van der Waals surface area contributed by atoms with Gasteiger partial charge in [0.2, 0.25) is 10.1 Å². The second-order valence-corrected chi connectivity index (χ2v) is 4.87. The standard InChI is InChI=1S/C12H15N5OS/c1-3-13-12-17-16-11(19-12)10(18)14-7-9-6-4-5-8(2)15-9/h4-6H,3,7H2,1-2H3,(H,13,17)(H,14,18). The van der Waals surface area contributed by atoms with Gasteiger partial charge in [-0.3, -0.25) is 9.78 Å². The van der Waals surface area contributed by atoms with Crippen molar-refractivity contribution in [3.63, 3.8) is 0 Å². The van der Waals surface area contributed by atoms with Crippen LogP contribution in [0.4, 0.5) is 5.13 Å². The third kappa shape index (κ3) is 3.72. The molecule has 0 saturated heterocycles. The van der Waals surface area contributed by atoms with Crippen LogP contribution in [0.2, 0.25) is 0 Å². The molecule has 0 radical (unpaired) electrons. The summed E-state index contributed by atoms with van der Waals surface area (Å²) in [6.07, 6.45) is 0. The highest BCUT2D eigenvalue weighted by Gasteiger charge is 2.12. The minimum absolute atomic E-state index is 0.232. The van der Waals surface area contributed by atoms with E-state index in [2.05, 4.69) is 25.8 Å². The molecule has 0 saturated carbocycles. The van der Waals surface area contributed by atoms with E-state index < -0.39 is 0 Å². The number of amides is 1. The molecule has 0 aliphatic carbocycles. The van der Waals surface area contributed by atoms with Crippen molar-refractivity contribution in [3.05, 3.63) is 34.6 Å². The van der Waals surface area contributed by atoms with E-state index in [1.54, 1.807) is 0 Å². The number of rotatable bonds is 5. The number of anilines is 1. The van der Waals surface area contributed by atoms with Gasteiger partial charge in [0.05, 0.1) is 12.2 Å². The summed E-state index contributed by atoms with van der Waals surface area (Å²) in [6, 6.07) is 5.70. The van der Waals surface area contributed by atoms with Crippen molar-refractivity contribution in [2.75, 3.05) is 11.9 Å². The monoisotopic (exact) mass is 277 g/mol. The van der Waals surface area contributed by atoms with Crippen molar-refractivity contribution in [2.24, 2.45) is 0 Å². The Labute approximate surface area is 115 Å². The Morgan fingerprint density at radius 3 is 2.95 bits per heavy atom. The quantitative estimate of drug-likeness (QED) is 0.868. The normalized spacial score (nSPS) is 10.2. The van der Waals surface area contributed by atoms with Crippen molar-refractivity contribution in [1.82, 2.24) is 20.5 Å². The molecule has 2 heterocycles. The number of pyridine rings is 1. The number of nitrogens with one attached hydrogen (secondary N) is 2. The molecule has 2 aromatic heterocycles. The highest BCUT2D eigenvalue weighted by Crippen LogP contribution is 2.14. The number of hydrogen-bond donors (Lipinski definition) is 2. The largest absolute Gasteiger partial charge is 0.360 e. The Kier molecular flexibility index (Phi) is 4.40. The molecular formula is C12H15N5OS. The van der Waals surface area contributed by atoms with Crippen molar-refractivity contribution in [3.8, 4) is 0 Å². The van der Waals surface area contributed by atoms with Crippen molar-refractivity contribution >= 4 is 22.4 Å². The second kappa shape index (κ2) is 6.24. The van der Waals surface area contributed by atoms with E-state index in [-0.39, 0.29) is 5.91 Å². The zero-order valence-corrected chi connectivity index (χ0v) is 11.6. The minimum Gasteiger partial charge on any atom is -0.360 e. The van der Waals surface area contributed by atoms with Crippen LogP contribution in [-0.4, -0.2) is 27.6 Å². The van der Waals surface area contributed by atoms with Crippen LogP contribution >= 0.6 is 11.3 Å². The molecule has 100 valence electrons.